The molecule has 5 rings (SSSR count). The molecule has 0 saturated carbocycles. The topological polar surface area (TPSA) is 158 Å². The Morgan fingerprint density at radius 1 is 0.614 bits per heavy atom. The van der Waals surface area contributed by atoms with E-state index in [1.165, 1.54) is 9.80 Å². The highest BCUT2D eigenvalue weighted by Crippen LogP contribution is 2.27. The normalized spacial score (nSPS) is 21.0. The van der Waals surface area contributed by atoms with Gasteiger partial charge >= 0.3 is 12.2 Å². The summed E-state index contributed by atoms with van der Waals surface area (Å²) in [6.07, 6.45) is -3.25. The Bertz CT molecular complexity index is 1360. The van der Waals surface area contributed by atoms with E-state index < -0.39 is 48.3 Å². The lowest BCUT2D eigenvalue weighted by Crippen LogP contribution is -2.44. The van der Waals surface area contributed by atoms with Crippen molar-refractivity contribution in [1.82, 2.24) is 9.80 Å². The Hall–Kier alpha value is -4.94. The zero-order chi connectivity index (χ0) is 31.1. The predicted octanol–water partition coefficient (Wildman–Crippen LogP) is 3.11. The van der Waals surface area contributed by atoms with Crippen LogP contribution in [0.25, 0.3) is 0 Å². The maximum absolute atomic E-state index is 13.3. The summed E-state index contributed by atoms with van der Waals surface area (Å²) < 4.78 is 10.8. The Morgan fingerprint density at radius 3 is 1.36 bits per heavy atom. The monoisotopic (exact) mass is 602 g/mol. The van der Waals surface area contributed by atoms with Crippen molar-refractivity contribution < 1.29 is 38.9 Å². The number of para-hydroxylation sites is 2. The standard InChI is InChI=1S/C32H34N4O8/c37-23-15-27(35(17-23)31(41)43-19-21-9-3-1-4-10-21)29(39)33-25-13-7-8-14-26(25)34-30(40)28-16-24(38)18-36(28)32(42)44-20-22-11-5-2-6-12-22/h1-14,23-24,27-28,37-38H,15-20H2,(H,33,39)(H,34,40)/t23-,24-,27+,28+/m1/s1. The van der Waals surface area contributed by atoms with Crippen LogP contribution in [0.3, 0.4) is 0 Å². The Labute approximate surface area is 254 Å². The number of benzene rings is 3. The first kappa shape index (κ1) is 30.5. The SMILES string of the molecule is O=C(Nc1ccccc1NC(=O)[C@@H]1C[C@@H](O)CN1C(=O)OCc1ccccc1)[C@@H]1C[C@@H](O)CN1C(=O)OCc1ccccc1. The van der Waals surface area contributed by atoms with Crippen LogP contribution in [0.5, 0.6) is 0 Å². The summed E-state index contributed by atoms with van der Waals surface area (Å²) >= 11 is 0. The van der Waals surface area contributed by atoms with E-state index in [-0.39, 0.29) is 50.5 Å². The molecule has 12 nitrogen and oxygen atoms in total. The van der Waals surface area contributed by atoms with Crippen LogP contribution in [0.4, 0.5) is 21.0 Å². The molecule has 3 aromatic rings. The third-order valence-electron chi connectivity index (χ3n) is 7.49. The third kappa shape index (κ3) is 7.52. The number of hydrogen-bond donors (Lipinski definition) is 4. The highest BCUT2D eigenvalue weighted by molar-refractivity contribution is 6.04. The van der Waals surface area contributed by atoms with Gasteiger partial charge in [-0.3, -0.25) is 19.4 Å². The van der Waals surface area contributed by atoms with Crippen LogP contribution in [0.1, 0.15) is 24.0 Å². The molecular weight excluding hydrogens is 568 g/mol. The summed E-state index contributed by atoms with van der Waals surface area (Å²) in [4.78, 5) is 54.7. The fourth-order valence-corrected chi connectivity index (χ4v) is 5.27. The van der Waals surface area contributed by atoms with E-state index in [1.807, 2.05) is 36.4 Å². The Kier molecular flexibility index (Phi) is 9.72. The van der Waals surface area contributed by atoms with Gasteiger partial charge in [0.05, 0.1) is 36.7 Å². The van der Waals surface area contributed by atoms with E-state index in [0.29, 0.717) is 0 Å². The van der Waals surface area contributed by atoms with Gasteiger partial charge in [-0.15, -0.1) is 0 Å². The lowest BCUT2D eigenvalue weighted by Gasteiger charge is -2.25. The van der Waals surface area contributed by atoms with E-state index in [1.54, 1.807) is 48.5 Å². The number of aliphatic hydroxyl groups excluding tert-OH is 2. The molecule has 0 bridgehead atoms. The summed E-state index contributed by atoms with van der Waals surface area (Å²) in [6, 6.07) is 22.7. The molecule has 230 valence electrons. The van der Waals surface area contributed by atoms with E-state index in [0.717, 1.165) is 11.1 Å². The maximum Gasteiger partial charge on any atom is 0.410 e. The third-order valence-corrected chi connectivity index (χ3v) is 7.49. The molecule has 2 heterocycles. The molecule has 44 heavy (non-hydrogen) atoms. The fourth-order valence-electron chi connectivity index (χ4n) is 5.27. The number of amides is 4. The number of nitrogens with zero attached hydrogens (tertiary/aromatic N) is 2. The minimum absolute atomic E-state index is 0.0147. The number of aliphatic hydroxyl groups is 2. The average Bonchev–Trinajstić information content (AvgIpc) is 3.63. The van der Waals surface area contributed by atoms with Crippen LogP contribution in [0.2, 0.25) is 0 Å². The van der Waals surface area contributed by atoms with Crippen molar-refractivity contribution in [3.05, 3.63) is 96.1 Å². The molecule has 4 amide bonds. The van der Waals surface area contributed by atoms with Gasteiger partial charge < -0.3 is 30.3 Å². The van der Waals surface area contributed by atoms with Crippen molar-refractivity contribution in [2.75, 3.05) is 23.7 Å². The molecule has 2 aliphatic rings. The predicted molar refractivity (Wildman–Crippen MR) is 159 cm³/mol. The number of likely N-dealkylation sites (tertiary alicyclic amines) is 2. The molecule has 0 spiro atoms. The quantitative estimate of drug-likeness (QED) is 0.306. The lowest BCUT2D eigenvalue weighted by atomic mass is 10.1. The van der Waals surface area contributed by atoms with Gasteiger partial charge in [0.2, 0.25) is 11.8 Å². The smallest absolute Gasteiger partial charge is 0.410 e. The number of β-amino-alcohol motifs (C(OH)–C–C–N with tert-alkyl or cyclic N) is 2. The van der Waals surface area contributed by atoms with Crippen LogP contribution in [-0.2, 0) is 32.3 Å². The van der Waals surface area contributed by atoms with Gasteiger partial charge in [0, 0.05) is 12.8 Å². The van der Waals surface area contributed by atoms with Gasteiger partial charge in [0.15, 0.2) is 0 Å². The Balaban J connectivity index is 1.21. The summed E-state index contributed by atoms with van der Waals surface area (Å²) in [5.74, 6) is -1.13. The molecule has 4 atom stereocenters. The molecule has 0 aromatic heterocycles. The van der Waals surface area contributed by atoms with Crippen LogP contribution >= 0.6 is 0 Å². The number of carbonyl (C=O) groups is 4. The number of nitrogens with one attached hydrogen (secondary N) is 2. The number of rotatable bonds is 8. The molecule has 2 fully saturated rings. The summed E-state index contributed by atoms with van der Waals surface area (Å²) in [5.41, 5.74) is 2.07. The second-order valence-corrected chi connectivity index (χ2v) is 10.7. The first-order valence-corrected chi connectivity index (χ1v) is 14.3. The van der Waals surface area contributed by atoms with Crippen molar-refractivity contribution in [3.63, 3.8) is 0 Å². The zero-order valence-corrected chi connectivity index (χ0v) is 23.9. The van der Waals surface area contributed by atoms with E-state index in [4.69, 9.17) is 9.47 Å². The van der Waals surface area contributed by atoms with Crippen molar-refractivity contribution in [2.45, 2.75) is 50.3 Å². The molecule has 2 aliphatic heterocycles. The Morgan fingerprint density at radius 2 is 0.977 bits per heavy atom. The molecule has 3 aromatic carbocycles. The first-order chi connectivity index (χ1) is 21.3. The van der Waals surface area contributed by atoms with Gasteiger partial charge in [-0.25, -0.2) is 9.59 Å². The number of ether oxygens (including phenoxy) is 2. The van der Waals surface area contributed by atoms with Gasteiger partial charge in [0.25, 0.3) is 0 Å². The largest absolute Gasteiger partial charge is 0.445 e. The van der Waals surface area contributed by atoms with Gasteiger partial charge in [-0.1, -0.05) is 72.8 Å². The summed E-state index contributed by atoms with van der Waals surface area (Å²) in [5, 5.41) is 26.0. The summed E-state index contributed by atoms with van der Waals surface area (Å²) in [6.45, 7) is -0.0983. The van der Waals surface area contributed by atoms with Crippen LogP contribution in [-0.4, -0.2) is 81.4 Å². The van der Waals surface area contributed by atoms with Crippen molar-refractivity contribution >= 4 is 35.4 Å². The lowest BCUT2D eigenvalue weighted by molar-refractivity contribution is -0.121. The molecule has 0 aliphatic carbocycles. The summed E-state index contributed by atoms with van der Waals surface area (Å²) in [7, 11) is 0. The van der Waals surface area contributed by atoms with E-state index in [9.17, 15) is 29.4 Å². The van der Waals surface area contributed by atoms with Crippen LogP contribution < -0.4 is 10.6 Å². The van der Waals surface area contributed by atoms with Crippen LogP contribution in [0, 0.1) is 0 Å². The maximum atomic E-state index is 13.3. The van der Waals surface area contributed by atoms with E-state index >= 15 is 0 Å². The number of hydrogen-bond acceptors (Lipinski definition) is 8. The molecule has 2 saturated heterocycles. The zero-order valence-electron chi connectivity index (χ0n) is 23.9. The minimum atomic E-state index is -1.00. The highest BCUT2D eigenvalue weighted by Gasteiger charge is 2.41. The van der Waals surface area contributed by atoms with E-state index in [2.05, 4.69) is 10.6 Å². The molecule has 4 N–H and O–H groups in total. The molecule has 0 radical (unpaired) electrons. The first-order valence-electron chi connectivity index (χ1n) is 14.3. The average molecular weight is 603 g/mol. The van der Waals surface area contributed by atoms with Crippen molar-refractivity contribution in [2.24, 2.45) is 0 Å². The fraction of sp³-hybridized carbons (Fsp3) is 0.312. The number of anilines is 2. The second kappa shape index (κ2) is 14.0. The number of carbonyl (C=O) groups excluding carboxylic acids is 4. The minimum Gasteiger partial charge on any atom is -0.445 e. The van der Waals surface area contributed by atoms with Crippen molar-refractivity contribution in [1.29, 1.82) is 0 Å². The van der Waals surface area contributed by atoms with Crippen LogP contribution in [0.15, 0.2) is 84.9 Å². The molecule has 12 heteroatoms. The molecular formula is C32H34N4O8. The molecule has 0 unspecified atom stereocenters. The van der Waals surface area contributed by atoms with Gasteiger partial charge in [0.1, 0.15) is 25.3 Å². The van der Waals surface area contributed by atoms with Crippen molar-refractivity contribution in [3.8, 4) is 0 Å². The van der Waals surface area contributed by atoms with Gasteiger partial charge in [-0.05, 0) is 23.3 Å². The highest BCUT2D eigenvalue weighted by atomic mass is 16.6. The van der Waals surface area contributed by atoms with Gasteiger partial charge in [-0.2, -0.15) is 0 Å². The second-order valence-electron chi connectivity index (χ2n) is 10.7.